The van der Waals surface area contributed by atoms with E-state index in [9.17, 15) is 4.79 Å². The van der Waals surface area contributed by atoms with Crippen molar-refractivity contribution in [1.29, 1.82) is 0 Å². The molecule has 1 aliphatic carbocycles. The average molecular weight is 178 g/mol. The zero-order valence-electron chi connectivity index (χ0n) is 8.76. The molecule has 0 saturated carbocycles. The van der Waals surface area contributed by atoms with Crippen molar-refractivity contribution in [3.63, 3.8) is 0 Å². The molecule has 1 rings (SSSR count). The second-order valence-electron chi connectivity index (χ2n) is 4.31. The fraction of sp³-hybridized carbons (Fsp3) is 0.583. The van der Waals surface area contributed by atoms with Crippen molar-refractivity contribution >= 4 is 5.78 Å². The standard InChI is InChI=1S/C12H18O/c1-4-5-6-10-7-8-11(13)9-12(10,2)3/h4-5,7H,6,8-9H2,1-3H3/b5-4+. The van der Waals surface area contributed by atoms with Crippen LogP contribution in [0.2, 0.25) is 0 Å². The van der Waals surface area contributed by atoms with Crippen LogP contribution in [0.4, 0.5) is 0 Å². The number of hydrogen-bond donors (Lipinski definition) is 0. The predicted molar refractivity (Wildman–Crippen MR) is 55.5 cm³/mol. The summed E-state index contributed by atoms with van der Waals surface area (Å²) in [5.74, 6) is 0.370. The van der Waals surface area contributed by atoms with Gasteiger partial charge in [-0.1, -0.05) is 37.6 Å². The second-order valence-corrected chi connectivity index (χ2v) is 4.31. The minimum absolute atomic E-state index is 0.0782. The Bertz CT molecular complexity index is 256. The molecule has 0 N–H and O–H groups in total. The summed E-state index contributed by atoms with van der Waals surface area (Å²) in [6, 6.07) is 0. The van der Waals surface area contributed by atoms with Gasteiger partial charge in [0.1, 0.15) is 5.78 Å². The zero-order chi connectivity index (χ0) is 9.90. The summed E-state index contributed by atoms with van der Waals surface area (Å²) in [6.07, 6.45) is 8.66. The normalized spacial score (nSPS) is 22.1. The van der Waals surface area contributed by atoms with Gasteiger partial charge < -0.3 is 0 Å². The maximum Gasteiger partial charge on any atom is 0.137 e. The number of ketones is 1. The first-order chi connectivity index (χ1) is 6.06. The van der Waals surface area contributed by atoms with Crippen LogP contribution >= 0.6 is 0 Å². The van der Waals surface area contributed by atoms with Gasteiger partial charge >= 0.3 is 0 Å². The van der Waals surface area contributed by atoms with Crippen LogP contribution in [0.3, 0.4) is 0 Å². The van der Waals surface area contributed by atoms with Gasteiger partial charge in [0, 0.05) is 12.8 Å². The van der Waals surface area contributed by atoms with E-state index in [1.54, 1.807) is 0 Å². The van der Waals surface area contributed by atoms with E-state index in [-0.39, 0.29) is 5.41 Å². The minimum Gasteiger partial charge on any atom is -0.299 e. The quantitative estimate of drug-likeness (QED) is 0.593. The van der Waals surface area contributed by atoms with Gasteiger partial charge in [-0.25, -0.2) is 0 Å². The van der Waals surface area contributed by atoms with Gasteiger partial charge in [0.2, 0.25) is 0 Å². The molecule has 0 spiro atoms. The molecular formula is C12H18O. The van der Waals surface area contributed by atoms with Gasteiger partial charge in [0.05, 0.1) is 0 Å². The van der Waals surface area contributed by atoms with Crippen molar-refractivity contribution in [3.8, 4) is 0 Å². The van der Waals surface area contributed by atoms with Crippen LogP contribution in [0.5, 0.6) is 0 Å². The number of Topliss-reactive ketones (excluding diaryl/α,β-unsaturated/α-hetero) is 1. The molecule has 0 saturated heterocycles. The third kappa shape index (κ3) is 2.55. The van der Waals surface area contributed by atoms with E-state index >= 15 is 0 Å². The smallest absolute Gasteiger partial charge is 0.137 e. The van der Waals surface area contributed by atoms with Crippen molar-refractivity contribution in [3.05, 3.63) is 23.8 Å². The van der Waals surface area contributed by atoms with Gasteiger partial charge in [-0.15, -0.1) is 0 Å². The lowest BCUT2D eigenvalue weighted by atomic mass is 9.74. The van der Waals surface area contributed by atoms with E-state index in [4.69, 9.17) is 0 Å². The Morgan fingerprint density at radius 3 is 2.77 bits per heavy atom. The molecule has 0 radical (unpaired) electrons. The Kier molecular flexibility index (Phi) is 3.07. The topological polar surface area (TPSA) is 17.1 Å². The van der Waals surface area contributed by atoms with E-state index in [0.29, 0.717) is 18.6 Å². The van der Waals surface area contributed by atoms with Crippen molar-refractivity contribution in [2.45, 2.75) is 40.0 Å². The first-order valence-corrected chi connectivity index (χ1v) is 4.88. The number of carbonyl (C=O) groups is 1. The molecule has 0 aliphatic heterocycles. The van der Waals surface area contributed by atoms with E-state index < -0.39 is 0 Å². The fourth-order valence-corrected chi connectivity index (χ4v) is 1.80. The summed E-state index contributed by atoms with van der Waals surface area (Å²) in [4.78, 5) is 11.2. The molecule has 1 heteroatoms. The van der Waals surface area contributed by atoms with Gasteiger partial charge in [0.25, 0.3) is 0 Å². The van der Waals surface area contributed by atoms with Crippen LogP contribution in [0.15, 0.2) is 23.8 Å². The molecule has 0 aromatic carbocycles. The molecule has 0 atom stereocenters. The maximum atomic E-state index is 11.2. The summed E-state index contributed by atoms with van der Waals surface area (Å²) in [5, 5.41) is 0. The third-order valence-corrected chi connectivity index (χ3v) is 2.66. The predicted octanol–water partition coefficient (Wildman–Crippen LogP) is 3.27. The highest BCUT2D eigenvalue weighted by atomic mass is 16.1. The number of carbonyl (C=O) groups excluding carboxylic acids is 1. The summed E-state index contributed by atoms with van der Waals surface area (Å²) in [7, 11) is 0. The van der Waals surface area contributed by atoms with Crippen LogP contribution < -0.4 is 0 Å². The molecular weight excluding hydrogens is 160 g/mol. The molecule has 1 nitrogen and oxygen atoms in total. The Morgan fingerprint density at radius 1 is 1.54 bits per heavy atom. The lowest BCUT2D eigenvalue weighted by Gasteiger charge is -2.30. The highest BCUT2D eigenvalue weighted by Crippen LogP contribution is 2.36. The highest BCUT2D eigenvalue weighted by molar-refractivity contribution is 5.82. The van der Waals surface area contributed by atoms with Crippen LogP contribution in [0, 0.1) is 5.41 Å². The lowest BCUT2D eigenvalue weighted by Crippen LogP contribution is -2.23. The highest BCUT2D eigenvalue weighted by Gasteiger charge is 2.28. The van der Waals surface area contributed by atoms with E-state index in [0.717, 1.165) is 6.42 Å². The fourth-order valence-electron chi connectivity index (χ4n) is 1.80. The molecule has 0 aromatic heterocycles. The van der Waals surface area contributed by atoms with E-state index in [1.165, 1.54) is 5.57 Å². The number of allylic oxidation sites excluding steroid dienone is 4. The number of rotatable bonds is 2. The first kappa shape index (κ1) is 10.2. The van der Waals surface area contributed by atoms with Crippen molar-refractivity contribution < 1.29 is 4.79 Å². The van der Waals surface area contributed by atoms with Gasteiger partial charge in [-0.2, -0.15) is 0 Å². The Labute approximate surface area is 80.5 Å². The SMILES string of the molecule is C/C=C/CC1=CCC(=O)CC1(C)C. The molecule has 72 valence electrons. The van der Waals surface area contributed by atoms with Gasteiger partial charge in [-0.3, -0.25) is 4.79 Å². The molecule has 0 aromatic rings. The van der Waals surface area contributed by atoms with Crippen LogP contribution in [-0.2, 0) is 4.79 Å². The molecule has 13 heavy (non-hydrogen) atoms. The van der Waals surface area contributed by atoms with Crippen molar-refractivity contribution in [2.75, 3.05) is 0 Å². The first-order valence-electron chi connectivity index (χ1n) is 4.88. The third-order valence-electron chi connectivity index (χ3n) is 2.66. The molecule has 0 fully saturated rings. The summed E-state index contributed by atoms with van der Waals surface area (Å²) in [5.41, 5.74) is 1.49. The largest absolute Gasteiger partial charge is 0.299 e. The van der Waals surface area contributed by atoms with E-state index in [2.05, 4.69) is 32.1 Å². The van der Waals surface area contributed by atoms with Crippen LogP contribution in [0.1, 0.15) is 40.0 Å². The van der Waals surface area contributed by atoms with Gasteiger partial charge in [-0.05, 0) is 18.8 Å². The van der Waals surface area contributed by atoms with Crippen molar-refractivity contribution in [1.82, 2.24) is 0 Å². The number of hydrogen-bond acceptors (Lipinski definition) is 1. The maximum absolute atomic E-state index is 11.2. The Morgan fingerprint density at radius 2 is 2.23 bits per heavy atom. The summed E-state index contributed by atoms with van der Waals surface area (Å²) in [6.45, 7) is 6.33. The van der Waals surface area contributed by atoms with Gasteiger partial charge in [0.15, 0.2) is 0 Å². The Hall–Kier alpha value is -0.850. The molecule has 0 bridgehead atoms. The minimum atomic E-state index is 0.0782. The molecule has 0 unspecified atom stereocenters. The zero-order valence-corrected chi connectivity index (χ0v) is 8.76. The monoisotopic (exact) mass is 178 g/mol. The molecule has 1 aliphatic rings. The summed E-state index contributed by atoms with van der Waals surface area (Å²) < 4.78 is 0. The van der Waals surface area contributed by atoms with Crippen LogP contribution in [0.25, 0.3) is 0 Å². The summed E-state index contributed by atoms with van der Waals surface area (Å²) >= 11 is 0. The Balaban J connectivity index is 2.76. The lowest BCUT2D eigenvalue weighted by molar-refractivity contribution is -0.120. The second kappa shape index (κ2) is 3.91. The molecule has 0 amide bonds. The van der Waals surface area contributed by atoms with E-state index in [1.807, 2.05) is 6.92 Å². The average Bonchev–Trinajstić information content (AvgIpc) is 2.01. The van der Waals surface area contributed by atoms with Crippen molar-refractivity contribution in [2.24, 2.45) is 5.41 Å². The molecule has 0 heterocycles. The van der Waals surface area contributed by atoms with Crippen LogP contribution in [-0.4, -0.2) is 5.78 Å².